The number of nitrogens with one attached hydrogen (secondary N) is 1. The van der Waals surface area contributed by atoms with Crippen LogP contribution in [0.25, 0.3) is 16.8 Å². The van der Waals surface area contributed by atoms with Crippen LogP contribution in [-0.4, -0.2) is 55.5 Å². The minimum absolute atomic E-state index is 0.133. The van der Waals surface area contributed by atoms with Gasteiger partial charge in [-0.3, -0.25) is 4.79 Å². The van der Waals surface area contributed by atoms with Gasteiger partial charge in [-0.05, 0) is 93.7 Å². The molecule has 40 heavy (non-hydrogen) atoms. The number of H-pyrrole nitrogens is 1. The van der Waals surface area contributed by atoms with Crippen LogP contribution < -0.4 is 0 Å². The van der Waals surface area contributed by atoms with Gasteiger partial charge in [0.2, 0.25) is 0 Å². The van der Waals surface area contributed by atoms with Crippen LogP contribution in [0.15, 0.2) is 42.7 Å². The van der Waals surface area contributed by atoms with Crippen molar-refractivity contribution >= 4 is 11.4 Å². The number of rotatable bonds is 4. The zero-order valence-electron chi connectivity index (χ0n) is 25.6. The maximum Gasteiger partial charge on any atom is 0.253 e. The Morgan fingerprint density at radius 2 is 1.60 bits per heavy atom. The quantitative estimate of drug-likeness (QED) is 0.284. The van der Waals surface area contributed by atoms with Gasteiger partial charge in [0.15, 0.2) is 0 Å². The Morgan fingerprint density at radius 1 is 0.925 bits per heavy atom. The molecular weight excluding hydrogens is 498 g/mol. The van der Waals surface area contributed by atoms with Crippen molar-refractivity contribution in [3.05, 3.63) is 76.8 Å². The molecule has 1 aromatic carbocycles. The molecule has 6 rings (SSSR count). The van der Waals surface area contributed by atoms with E-state index in [4.69, 9.17) is 10.1 Å². The first-order chi connectivity index (χ1) is 19.5. The van der Waals surface area contributed by atoms with Crippen LogP contribution in [0.2, 0.25) is 0 Å². The Labute approximate surface area is 239 Å². The Kier molecular flexibility index (Phi) is 11.1. The number of piperidine rings is 1. The maximum atomic E-state index is 13.5. The molecule has 2 aliphatic rings. The second-order valence-electron chi connectivity index (χ2n) is 10.00. The largest absolute Gasteiger partial charge is 0.400 e. The maximum absolute atomic E-state index is 13.5. The number of pyridine rings is 1. The molecule has 7 heteroatoms. The molecule has 2 fully saturated rings. The van der Waals surface area contributed by atoms with Gasteiger partial charge in [-0.2, -0.15) is 0 Å². The summed E-state index contributed by atoms with van der Waals surface area (Å²) in [5.74, 6) is 3.13. The summed E-state index contributed by atoms with van der Waals surface area (Å²) in [6.07, 6.45) is 8.47. The fourth-order valence-corrected chi connectivity index (χ4v) is 5.52. The molecule has 216 valence electrons. The molecule has 4 aromatic rings. The molecule has 2 N–H and O–H groups in total. The highest BCUT2D eigenvalue weighted by atomic mass is 16.2. The third-order valence-electron chi connectivity index (χ3n) is 7.57. The summed E-state index contributed by atoms with van der Waals surface area (Å²) < 4.78 is 2.12. The number of carbonyl (C=O) groups is 1. The molecule has 1 amide bonds. The molecule has 1 aliphatic heterocycles. The Balaban J connectivity index is 0.000000691. The number of nitrogens with zero attached hydrogens (tertiary/aromatic N) is 4. The summed E-state index contributed by atoms with van der Waals surface area (Å²) in [5.41, 5.74) is 7.76. The fourth-order valence-electron chi connectivity index (χ4n) is 5.52. The lowest BCUT2D eigenvalue weighted by atomic mass is 9.89. The number of aromatic nitrogens is 4. The first-order valence-electron chi connectivity index (χ1n) is 14.8. The number of fused-ring (bicyclic) bond motifs is 1. The zero-order chi connectivity index (χ0) is 29.4. The SMILES string of the molecule is CC.CC.CO.Cc1nc(-c2cc(C(=O)N3CCC(c4ccn5c(C)ncc5c4)CC3)ccc2C2CC2)c(C)[nH]1. The Hall–Kier alpha value is -3.45. The van der Waals surface area contributed by atoms with Crippen molar-refractivity contribution in [3.63, 3.8) is 0 Å². The number of aliphatic hydroxyl groups is 1. The van der Waals surface area contributed by atoms with Gasteiger partial charge < -0.3 is 19.4 Å². The van der Waals surface area contributed by atoms with E-state index in [0.717, 1.165) is 72.7 Å². The first kappa shape index (κ1) is 31.1. The summed E-state index contributed by atoms with van der Waals surface area (Å²) in [6.45, 7) is 15.6. The van der Waals surface area contributed by atoms with E-state index in [0.29, 0.717) is 11.8 Å². The van der Waals surface area contributed by atoms with Crippen LogP contribution >= 0.6 is 0 Å². The second-order valence-corrected chi connectivity index (χ2v) is 10.00. The van der Waals surface area contributed by atoms with Crippen molar-refractivity contribution in [1.29, 1.82) is 0 Å². The number of amides is 1. The van der Waals surface area contributed by atoms with Crippen molar-refractivity contribution in [2.45, 2.75) is 86.0 Å². The van der Waals surface area contributed by atoms with Gasteiger partial charge in [-0.15, -0.1) is 0 Å². The van der Waals surface area contributed by atoms with E-state index in [1.165, 1.54) is 24.0 Å². The van der Waals surface area contributed by atoms with E-state index < -0.39 is 0 Å². The number of imidazole rings is 2. The van der Waals surface area contributed by atoms with Gasteiger partial charge in [-0.1, -0.05) is 33.8 Å². The van der Waals surface area contributed by atoms with Crippen LogP contribution in [0.4, 0.5) is 0 Å². The van der Waals surface area contributed by atoms with Crippen LogP contribution in [0.5, 0.6) is 0 Å². The van der Waals surface area contributed by atoms with Gasteiger partial charge in [0.05, 0.1) is 17.4 Å². The molecule has 0 unspecified atom stereocenters. The van der Waals surface area contributed by atoms with Crippen LogP contribution in [0.1, 0.15) is 104 Å². The summed E-state index contributed by atoms with van der Waals surface area (Å²) in [7, 11) is 1.00. The average molecular weight is 546 g/mol. The van der Waals surface area contributed by atoms with Crippen molar-refractivity contribution in [1.82, 2.24) is 24.3 Å². The standard InChI is InChI=1S/C28H31N5O.2C2H6.CH4O/c1-17-27(31-18(2)30-17)26-15-23(6-7-25(26)21-4-5-21)28(34)32-11-8-20(9-12-32)22-10-13-33-19(3)29-16-24(33)14-22;3*1-2/h6-7,10,13-16,20-21H,4-5,8-9,11-12H2,1-3H3,(H,30,31);2*1-2H3;2H,1H3. The lowest BCUT2D eigenvalue weighted by Gasteiger charge is -2.32. The number of aliphatic hydroxyl groups excluding tert-OH is 1. The Morgan fingerprint density at radius 3 is 2.20 bits per heavy atom. The number of likely N-dealkylation sites (tertiary alicyclic amines) is 1. The fraction of sp³-hybridized carbons (Fsp3) is 0.485. The van der Waals surface area contributed by atoms with Crippen molar-refractivity contribution in [2.24, 2.45) is 0 Å². The van der Waals surface area contributed by atoms with E-state index >= 15 is 0 Å². The van der Waals surface area contributed by atoms with Crippen LogP contribution in [0, 0.1) is 20.8 Å². The average Bonchev–Trinajstić information content (AvgIpc) is 3.72. The van der Waals surface area contributed by atoms with E-state index in [9.17, 15) is 4.79 Å². The first-order valence-corrected chi connectivity index (χ1v) is 14.8. The van der Waals surface area contributed by atoms with Gasteiger partial charge in [0.25, 0.3) is 5.91 Å². The number of aromatic amines is 1. The second kappa shape index (κ2) is 14.3. The third-order valence-corrected chi connectivity index (χ3v) is 7.57. The molecule has 1 saturated carbocycles. The molecule has 4 heterocycles. The van der Waals surface area contributed by atoms with Crippen molar-refractivity contribution in [2.75, 3.05) is 20.2 Å². The smallest absolute Gasteiger partial charge is 0.253 e. The minimum Gasteiger partial charge on any atom is -0.400 e. The molecule has 0 bridgehead atoms. The molecule has 0 radical (unpaired) electrons. The van der Waals surface area contributed by atoms with E-state index in [-0.39, 0.29) is 5.91 Å². The summed E-state index contributed by atoms with van der Waals surface area (Å²) in [6, 6.07) is 10.7. The minimum atomic E-state index is 0.133. The van der Waals surface area contributed by atoms with Crippen molar-refractivity contribution in [3.8, 4) is 11.3 Å². The van der Waals surface area contributed by atoms with Gasteiger partial charge in [0, 0.05) is 43.2 Å². The summed E-state index contributed by atoms with van der Waals surface area (Å²) in [4.78, 5) is 28.0. The summed E-state index contributed by atoms with van der Waals surface area (Å²) in [5, 5.41) is 7.00. The molecular formula is C33H47N5O2. The Bertz CT molecular complexity index is 1390. The van der Waals surface area contributed by atoms with Crippen molar-refractivity contribution < 1.29 is 9.90 Å². The van der Waals surface area contributed by atoms with E-state index in [1.54, 1.807) is 0 Å². The highest BCUT2D eigenvalue weighted by molar-refractivity contribution is 5.96. The van der Waals surface area contributed by atoms with Gasteiger partial charge >= 0.3 is 0 Å². The van der Waals surface area contributed by atoms with Gasteiger partial charge in [0.1, 0.15) is 11.6 Å². The molecule has 0 spiro atoms. The molecule has 7 nitrogen and oxygen atoms in total. The number of hydrogen-bond donors (Lipinski definition) is 2. The molecule has 1 saturated heterocycles. The molecule has 3 aromatic heterocycles. The number of benzene rings is 1. The van der Waals surface area contributed by atoms with Gasteiger partial charge in [-0.25, -0.2) is 9.97 Å². The summed E-state index contributed by atoms with van der Waals surface area (Å²) >= 11 is 0. The lowest BCUT2D eigenvalue weighted by Crippen LogP contribution is -2.38. The van der Waals surface area contributed by atoms with E-state index in [1.807, 2.05) is 58.7 Å². The topological polar surface area (TPSA) is 86.5 Å². The zero-order valence-corrected chi connectivity index (χ0v) is 25.6. The number of hydrogen-bond acceptors (Lipinski definition) is 4. The highest BCUT2D eigenvalue weighted by Gasteiger charge is 2.30. The predicted octanol–water partition coefficient (Wildman–Crippen LogP) is 7.21. The highest BCUT2D eigenvalue weighted by Crippen LogP contribution is 2.45. The monoisotopic (exact) mass is 545 g/mol. The van der Waals surface area contributed by atoms with E-state index in [2.05, 4.69) is 51.8 Å². The van der Waals surface area contributed by atoms with Crippen LogP contribution in [-0.2, 0) is 0 Å². The number of carbonyl (C=O) groups excluding carboxylic acids is 1. The van der Waals surface area contributed by atoms with Crippen LogP contribution in [0.3, 0.4) is 0 Å². The predicted molar refractivity (Wildman–Crippen MR) is 164 cm³/mol. The lowest BCUT2D eigenvalue weighted by molar-refractivity contribution is 0.0713. The molecule has 1 aliphatic carbocycles. The number of aryl methyl sites for hydroxylation is 3. The normalized spacial score (nSPS) is 14.9. The molecule has 0 atom stereocenters. The third kappa shape index (κ3) is 6.64.